The average Bonchev–Trinajstić information content (AvgIpc) is 2.26. The molecule has 0 spiro atoms. The first-order chi connectivity index (χ1) is 7.85. The molecular formula is C13H24O4. The number of carboxylic acid groups (broad SMARTS) is 1. The van der Waals surface area contributed by atoms with Gasteiger partial charge in [0.05, 0.1) is 12.5 Å². The van der Waals surface area contributed by atoms with E-state index in [2.05, 4.69) is 0 Å². The van der Waals surface area contributed by atoms with E-state index < -0.39 is 11.9 Å². The normalized spacial score (nSPS) is 14.8. The van der Waals surface area contributed by atoms with Crippen molar-refractivity contribution in [2.45, 2.75) is 34.1 Å². The zero-order valence-corrected chi connectivity index (χ0v) is 11.4. The highest BCUT2D eigenvalue weighted by Crippen LogP contribution is 2.30. The van der Waals surface area contributed by atoms with Gasteiger partial charge in [-0.3, -0.25) is 4.79 Å². The van der Waals surface area contributed by atoms with E-state index in [4.69, 9.17) is 14.6 Å². The van der Waals surface area contributed by atoms with Crippen molar-refractivity contribution in [2.24, 2.45) is 11.3 Å². The second kappa shape index (κ2) is 7.45. The van der Waals surface area contributed by atoms with Crippen molar-refractivity contribution in [2.75, 3.05) is 20.5 Å². The summed E-state index contributed by atoms with van der Waals surface area (Å²) in [4.78, 5) is 11.0. The first-order valence-electron chi connectivity index (χ1n) is 5.85. The Bertz CT molecular complexity index is 269. The lowest BCUT2D eigenvalue weighted by Gasteiger charge is -2.26. The van der Waals surface area contributed by atoms with Crippen molar-refractivity contribution in [3.05, 3.63) is 11.6 Å². The Morgan fingerprint density at radius 3 is 2.47 bits per heavy atom. The lowest BCUT2D eigenvalue weighted by molar-refractivity contribution is -0.143. The monoisotopic (exact) mass is 244 g/mol. The van der Waals surface area contributed by atoms with Gasteiger partial charge in [0.2, 0.25) is 0 Å². The molecule has 4 heteroatoms. The lowest BCUT2D eigenvalue weighted by atomic mass is 9.78. The summed E-state index contributed by atoms with van der Waals surface area (Å²) in [6, 6.07) is 0. The summed E-state index contributed by atoms with van der Waals surface area (Å²) in [5.41, 5.74) is 0.716. The molecule has 0 heterocycles. The second-order valence-electron chi connectivity index (χ2n) is 4.79. The number of carboxylic acids is 1. The smallest absolute Gasteiger partial charge is 0.307 e. The summed E-state index contributed by atoms with van der Waals surface area (Å²) in [5, 5.41) is 9.04. The number of ether oxygens (including phenoxy) is 2. The van der Waals surface area contributed by atoms with Crippen LogP contribution in [0.5, 0.6) is 0 Å². The minimum Gasteiger partial charge on any atom is -0.481 e. The van der Waals surface area contributed by atoms with Gasteiger partial charge < -0.3 is 14.6 Å². The summed E-state index contributed by atoms with van der Waals surface area (Å²) in [7, 11) is 1.58. The molecule has 0 radical (unpaired) electrons. The van der Waals surface area contributed by atoms with Gasteiger partial charge in [0, 0.05) is 7.11 Å². The van der Waals surface area contributed by atoms with Gasteiger partial charge in [-0.1, -0.05) is 33.8 Å². The van der Waals surface area contributed by atoms with E-state index in [9.17, 15) is 4.79 Å². The van der Waals surface area contributed by atoms with E-state index in [0.29, 0.717) is 6.61 Å². The lowest BCUT2D eigenvalue weighted by Crippen LogP contribution is -2.27. The zero-order valence-electron chi connectivity index (χ0n) is 11.4. The van der Waals surface area contributed by atoms with Crippen LogP contribution in [0, 0.1) is 11.3 Å². The van der Waals surface area contributed by atoms with Crippen molar-refractivity contribution < 1.29 is 19.4 Å². The van der Waals surface area contributed by atoms with E-state index in [1.54, 1.807) is 14.0 Å². The minimum atomic E-state index is -0.778. The number of hydrogen-bond donors (Lipinski definition) is 1. The van der Waals surface area contributed by atoms with Crippen molar-refractivity contribution in [1.82, 2.24) is 0 Å². The standard InChI is InChI=1S/C13H24O4/c1-6-11(8-17-9-16-5)7-13(3,4)10(2)12(14)15/h7,10H,6,8-9H2,1-5H3,(H,14,15)/b11-7-. The number of methoxy groups -OCH3 is 1. The van der Waals surface area contributed by atoms with Crippen LogP contribution in [0.15, 0.2) is 11.6 Å². The molecule has 0 aromatic rings. The van der Waals surface area contributed by atoms with E-state index in [-0.39, 0.29) is 12.2 Å². The van der Waals surface area contributed by atoms with Gasteiger partial charge >= 0.3 is 5.97 Å². The van der Waals surface area contributed by atoms with Gasteiger partial charge in [0.15, 0.2) is 0 Å². The number of hydrogen-bond acceptors (Lipinski definition) is 3. The van der Waals surface area contributed by atoms with E-state index in [1.165, 1.54) is 0 Å². The zero-order chi connectivity index (χ0) is 13.5. The molecule has 0 fully saturated rings. The van der Waals surface area contributed by atoms with Crippen LogP contribution < -0.4 is 0 Å². The summed E-state index contributed by atoms with van der Waals surface area (Å²) >= 11 is 0. The SMILES string of the molecule is CC/C(=C/C(C)(C)C(C)C(=O)O)COCOC. The quantitative estimate of drug-likeness (QED) is 0.405. The molecule has 0 aliphatic heterocycles. The van der Waals surface area contributed by atoms with Gasteiger partial charge in [-0.25, -0.2) is 0 Å². The maximum Gasteiger partial charge on any atom is 0.307 e. The fraction of sp³-hybridized carbons (Fsp3) is 0.769. The van der Waals surface area contributed by atoms with E-state index >= 15 is 0 Å². The molecule has 0 amide bonds. The average molecular weight is 244 g/mol. The fourth-order valence-electron chi connectivity index (χ4n) is 1.47. The molecule has 1 unspecified atom stereocenters. The minimum absolute atomic E-state index is 0.256. The van der Waals surface area contributed by atoms with Crippen molar-refractivity contribution in [3.8, 4) is 0 Å². The van der Waals surface area contributed by atoms with Gasteiger partial charge in [-0.2, -0.15) is 0 Å². The first kappa shape index (κ1) is 16.1. The number of carbonyl (C=O) groups is 1. The van der Waals surface area contributed by atoms with Crippen LogP contribution in [0.25, 0.3) is 0 Å². The second-order valence-corrected chi connectivity index (χ2v) is 4.79. The van der Waals surface area contributed by atoms with Crippen LogP contribution in [0.2, 0.25) is 0 Å². The van der Waals surface area contributed by atoms with Gasteiger partial charge in [0.1, 0.15) is 6.79 Å². The predicted octanol–water partition coefficient (Wildman–Crippen LogP) is 2.69. The maximum atomic E-state index is 11.0. The number of rotatable bonds is 8. The van der Waals surface area contributed by atoms with E-state index in [0.717, 1.165) is 12.0 Å². The summed E-state index contributed by atoms with van der Waals surface area (Å²) in [6.45, 7) is 8.35. The number of aliphatic carboxylic acids is 1. The molecule has 0 aliphatic carbocycles. The molecule has 1 N–H and O–H groups in total. The molecule has 0 bridgehead atoms. The molecule has 1 atom stereocenters. The topological polar surface area (TPSA) is 55.8 Å². The van der Waals surface area contributed by atoms with Crippen molar-refractivity contribution in [3.63, 3.8) is 0 Å². The Morgan fingerprint density at radius 1 is 1.47 bits per heavy atom. The highest BCUT2D eigenvalue weighted by molar-refractivity contribution is 5.70. The predicted molar refractivity (Wildman–Crippen MR) is 66.8 cm³/mol. The molecule has 17 heavy (non-hydrogen) atoms. The van der Waals surface area contributed by atoms with Gasteiger partial charge in [0.25, 0.3) is 0 Å². The Kier molecular flexibility index (Phi) is 7.07. The molecule has 0 aliphatic rings. The van der Waals surface area contributed by atoms with Crippen molar-refractivity contribution in [1.29, 1.82) is 0 Å². The van der Waals surface area contributed by atoms with Gasteiger partial charge in [-0.05, 0) is 17.4 Å². The van der Waals surface area contributed by atoms with Crippen LogP contribution in [-0.2, 0) is 14.3 Å². The van der Waals surface area contributed by atoms with Crippen LogP contribution in [0.3, 0.4) is 0 Å². The molecule has 100 valence electrons. The van der Waals surface area contributed by atoms with E-state index in [1.807, 2.05) is 26.8 Å². The highest BCUT2D eigenvalue weighted by atomic mass is 16.7. The summed E-state index contributed by atoms with van der Waals surface area (Å²) in [6.07, 6.45) is 2.85. The Hall–Kier alpha value is -0.870. The highest BCUT2D eigenvalue weighted by Gasteiger charge is 2.29. The fourth-order valence-corrected chi connectivity index (χ4v) is 1.47. The molecular weight excluding hydrogens is 220 g/mol. The molecule has 0 saturated heterocycles. The molecule has 4 nitrogen and oxygen atoms in total. The summed E-state index contributed by atoms with van der Waals surface area (Å²) < 4.78 is 10.1. The largest absolute Gasteiger partial charge is 0.481 e. The number of allylic oxidation sites excluding steroid dienone is 1. The Morgan fingerprint density at radius 2 is 2.06 bits per heavy atom. The molecule has 0 aromatic heterocycles. The van der Waals surface area contributed by atoms with Crippen LogP contribution >= 0.6 is 0 Å². The molecule has 0 rings (SSSR count). The van der Waals surface area contributed by atoms with Crippen LogP contribution in [0.4, 0.5) is 0 Å². The summed E-state index contributed by atoms with van der Waals surface area (Å²) in [5.74, 6) is -1.20. The Balaban J connectivity index is 4.62. The third-order valence-corrected chi connectivity index (χ3v) is 3.01. The third kappa shape index (κ3) is 5.84. The van der Waals surface area contributed by atoms with Crippen LogP contribution in [-0.4, -0.2) is 31.6 Å². The Labute approximate surface area is 104 Å². The molecule has 0 aromatic carbocycles. The third-order valence-electron chi connectivity index (χ3n) is 3.01. The molecule has 0 saturated carbocycles. The van der Waals surface area contributed by atoms with Crippen molar-refractivity contribution >= 4 is 5.97 Å². The van der Waals surface area contributed by atoms with Gasteiger partial charge in [-0.15, -0.1) is 0 Å². The first-order valence-corrected chi connectivity index (χ1v) is 5.85. The maximum absolute atomic E-state index is 11.0. The van der Waals surface area contributed by atoms with Crippen LogP contribution in [0.1, 0.15) is 34.1 Å².